The van der Waals surface area contributed by atoms with Gasteiger partial charge in [0.25, 0.3) is 0 Å². The molecule has 552 valence electrons. The first kappa shape index (κ1) is 73.1. The van der Waals surface area contributed by atoms with Gasteiger partial charge in [-0.25, -0.2) is 23.8 Å². The summed E-state index contributed by atoms with van der Waals surface area (Å²) in [6.07, 6.45) is 16.3. The van der Waals surface area contributed by atoms with Gasteiger partial charge in [-0.05, 0) is 233 Å². The van der Waals surface area contributed by atoms with Gasteiger partial charge in [-0.15, -0.1) is 0 Å². The number of aromatic nitrogens is 2. The van der Waals surface area contributed by atoms with Gasteiger partial charge < -0.3 is 54.0 Å². The molecule has 6 saturated heterocycles. The summed E-state index contributed by atoms with van der Waals surface area (Å²) in [7, 11) is 3.55. The molecular formula is C83H111FN12O7. The first-order chi connectivity index (χ1) is 49.5. The summed E-state index contributed by atoms with van der Waals surface area (Å²) in [4.78, 5) is 90.7. The van der Waals surface area contributed by atoms with Gasteiger partial charge in [0.1, 0.15) is 17.2 Å². The molecule has 9 heterocycles. The number of carbonyl (C=O) groups is 5. The van der Waals surface area contributed by atoms with Crippen LogP contribution in [0.5, 0.6) is 0 Å². The van der Waals surface area contributed by atoms with Crippen molar-refractivity contribution in [2.75, 3.05) is 127 Å². The highest BCUT2D eigenvalue weighted by atomic mass is 19.1. The summed E-state index contributed by atoms with van der Waals surface area (Å²) >= 11 is 0. The average Bonchev–Trinajstić information content (AvgIpc) is 1.56. The number of nitrogens with zero attached hydrogens (tertiary/aromatic N) is 11. The number of para-hydroxylation sites is 3. The fraction of sp³-hybridized carbons (Fsp3) is 0.554. The lowest BCUT2D eigenvalue weighted by Crippen LogP contribution is -2.52. The Morgan fingerprint density at radius 3 is 1.69 bits per heavy atom. The summed E-state index contributed by atoms with van der Waals surface area (Å²) in [5, 5.41) is 3.16. The Morgan fingerprint density at radius 1 is 0.583 bits per heavy atom. The number of carbonyl (C=O) groups excluding carboxylic acids is 5. The molecule has 103 heavy (non-hydrogen) atoms. The number of anilines is 3. The third kappa shape index (κ3) is 15.6. The summed E-state index contributed by atoms with van der Waals surface area (Å²) in [6, 6.07) is 38.4. The molecule has 1 aliphatic carbocycles. The lowest BCUT2D eigenvalue weighted by molar-refractivity contribution is -0.120. The number of fused-ring (bicyclic) bond motifs is 7. The van der Waals surface area contributed by atoms with Gasteiger partial charge in [0.2, 0.25) is 11.8 Å². The Morgan fingerprint density at radius 2 is 1.11 bits per heavy atom. The maximum atomic E-state index is 14.3. The van der Waals surface area contributed by atoms with Crippen LogP contribution in [0.15, 0.2) is 115 Å². The van der Waals surface area contributed by atoms with E-state index < -0.39 is 5.60 Å². The van der Waals surface area contributed by atoms with Gasteiger partial charge in [0.05, 0.1) is 35.6 Å². The smallest absolute Gasteiger partial charge is 0.410 e. The number of amides is 6. The van der Waals surface area contributed by atoms with E-state index in [0.29, 0.717) is 31.3 Å². The minimum atomic E-state index is -0.440. The molecule has 20 heteroatoms. The van der Waals surface area contributed by atoms with Crippen LogP contribution in [0.2, 0.25) is 0 Å². The van der Waals surface area contributed by atoms with Crippen LogP contribution >= 0.6 is 0 Å². The highest BCUT2D eigenvalue weighted by molar-refractivity contribution is 6.00. The SMILES string of the molecule is CC(=O)N[C@H]1CCC2(CCN(C3CCN(C(=O)OC(C)(C)C)CC3)CC2)c2ccccc21.CCOC(=O)N1CCC(N2CCC3(CC2)CN(C(C)=O)c2c(-c4ccccc4C)cccc23)CC1.CN(C)C(=O)N1CC2(CCN(C3CCN(c4cnc5ccccc5n4)CC3)CC2)c2cc(F)ccc21.[HH]. The number of hydrogen-bond acceptors (Lipinski definition) is 13. The van der Waals surface area contributed by atoms with Crippen molar-refractivity contribution in [3.8, 4) is 11.1 Å². The minimum Gasteiger partial charge on any atom is -0.450 e. The zero-order chi connectivity index (χ0) is 72.4. The lowest BCUT2D eigenvalue weighted by Gasteiger charge is -2.49. The Balaban J connectivity index is 0.000000146. The molecule has 5 aromatic carbocycles. The fourth-order valence-corrected chi connectivity index (χ4v) is 18.8. The van der Waals surface area contributed by atoms with Crippen molar-refractivity contribution >= 4 is 58.3 Å². The molecule has 9 aliphatic rings. The number of hydrogen-bond donors (Lipinski definition) is 1. The summed E-state index contributed by atoms with van der Waals surface area (Å²) in [5.74, 6) is 0.907. The fourth-order valence-electron chi connectivity index (χ4n) is 18.8. The Hall–Kier alpha value is -8.20. The van der Waals surface area contributed by atoms with Crippen LogP contribution < -0.4 is 20.0 Å². The Kier molecular flexibility index (Phi) is 21.9. The van der Waals surface area contributed by atoms with Crippen molar-refractivity contribution in [3.05, 3.63) is 149 Å². The molecular weight excluding hydrogens is 1300 g/mol. The Labute approximate surface area is 610 Å². The zero-order valence-corrected chi connectivity index (χ0v) is 62.4. The van der Waals surface area contributed by atoms with Crippen molar-refractivity contribution in [2.45, 2.75) is 184 Å². The normalized spacial score (nSPS) is 21.4. The maximum Gasteiger partial charge on any atom is 0.410 e. The first-order valence-corrected chi connectivity index (χ1v) is 38.3. The quantitative estimate of drug-likeness (QED) is 0.160. The van der Waals surface area contributed by atoms with E-state index in [9.17, 15) is 28.4 Å². The summed E-state index contributed by atoms with van der Waals surface area (Å²) in [5.41, 5.74) is 12.2. The zero-order valence-electron chi connectivity index (χ0n) is 62.4. The molecule has 1 N–H and O–H groups in total. The first-order valence-electron chi connectivity index (χ1n) is 38.3. The molecule has 1 aromatic heterocycles. The second-order valence-electron chi connectivity index (χ2n) is 31.9. The summed E-state index contributed by atoms with van der Waals surface area (Å²) in [6.45, 7) is 26.2. The third-order valence-corrected chi connectivity index (χ3v) is 24.4. The van der Waals surface area contributed by atoms with Crippen LogP contribution in [0.1, 0.15) is 167 Å². The van der Waals surface area contributed by atoms with Gasteiger partial charge in [-0.2, -0.15) is 0 Å². The molecule has 0 saturated carbocycles. The topological polar surface area (TPSA) is 171 Å². The number of halogens is 1. The predicted octanol–water partition coefficient (Wildman–Crippen LogP) is 13.9. The van der Waals surface area contributed by atoms with E-state index >= 15 is 0 Å². The van der Waals surface area contributed by atoms with Gasteiger partial charge in [-0.3, -0.25) is 19.5 Å². The number of urea groups is 1. The van der Waals surface area contributed by atoms with Gasteiger partial charge in [0, 0.05) is 122 Å². The second-order valence-corrected chi connectivity index (χ2v) is 31.9. The third-order valence-electron chi connectivity index (χ3n) is 24.4. The largest absolute Gasteiger partial charge is 0.450 e. The molecule has 0 unspecified atom stereocenters. The Bertz CT molecular complexity index is 4030. The van der Waals surface area contributed by atoms with Crippen molar-refractivity contribution in [1.29, 1.82) is 0 Å². The molecule has 0 radical (unpaired) electrons. The van der Waals surface area contributed by atoms with Crippen molar-refractivity contribution in [3.63, 3.8) is 0 Å². The van der Waals surface area contributed by atoms with Crippen LogP contribution in [0.4, 0.5) is 36.0 Å². The van der Waals surface area contributed by atoms with E-state index in [0.717, 1.165) is 196 Å². The van der Waals surface area contributed by atoms with E-state index in [1.807, 2.05) is 77.8 Å². The van der Waals surface area contributed by atoms with Crippen LogP contribution in [0.25, 0.3) is 22.2 Å². The van der Waals surface area contributed by atoms with Gasteiger partial charge >= 0.3 is 18.2 Å². The average molecular weight is 1410 g/mol. The maximum absolute atomic E-state index is 14.3. The number of likely N-dealkylation sites (tertiary alicyclic amines) is 5. The van der Waals surface area contributed by atoms with Gasteiger partial charge in [0.15, 0.2) is 0 Å². The standard InChI is InChI=1S/C29H37N3O3.C28H33FN6O.C26H39N3O3.H2/c1-4-35-28(34)31-16-12-23(13-17-31)30-18-14-29(15-19-30)20-32(22(3)33)27-25(10-7-11-26(27)29)24-9-6-5-8-21(24)2;1-32(2)27(36)35-19-28(22-17-20(29)7-8-25(22)35)11-15-33(16-12-28)21-9-13-34(14-10-21)26-18-30-23-5-3-4-6-24(23)31-26;1-19(30)27-23-9-12-26(22-8-6-5-7-21(22)23)13-17-28(18-14-26)20-10-15-29(16-11-20)24(31)32-25(2,3)4;/h5-11,23H,4,12-20H2,1-3H3;3-8,17-18,21H,9-16,19H2,1-2H3;5-8,20,23H,9-18H2,1-4H3,(H,27,30);1H/t;;23-;/m..0./s1. The molecule has 0 bridgehead atoms. The number of ether oxygens (including phenoxy) is 2. The van der Waals surface area contributed by atoms with Crippen molar-refractivity contribution in [2.24, 2.45) is 0 Å². The highest BCUT2D eigenvalue weighted by Crippen LogP contribution is 2.53. The van der Waals surface area contributed by atoms with Crippen LogP contribution in [0, 0.1) is 12.7 Å². The number of piperidine rings is 6. The number of rotatable bonds is 7. The molecule has 6 amide bonds. The lowest BCUT2D eigenvalue weighted by atomic mass is 9.63. The van der Waals surface area contributed by atoms with Crippen molar-refractivity contribution in [1.82, 2.24) is 44.7 Å². The monoisotopic (exact) mass is 1410 g/mol. The van der Waals surface area contributed by atoms with Crippen LogP contribution in [-0.4, -0.2) is 205 Å². The van der Waals surface area contributed by atoms with Crippen molar-refractivity contribution < 1.29 is 39.3 Å². The molecule has 1 atom stereocenters. The summed E-state index contributed by atoms with van der Waals surface area (Å²) < 4.78 is 25.0. The van der Waals surface area contributed by atoms with Gasteiger partial charge in [-0.1, -0.05) is 78.9 Å². The number of nitrogens with one attached hydrogen (secondary N) is 1. The molecule has 3 spiro atoms. The molecule has 6 aromatic rings. The van der Waals surface area contributed by atoms with Crippen LogP contribution in [0.3, 0.4) is 0 Å². The van der Waals surface area contributed by atoms with E-state index in [2.05, 4.69) is 104 Å². The minimum absolute atomic E-state index is 0. The molecule has 6 fully saturated rings. The van der Waals surface area contributed by atoms with E-state index in [4.69, 9.17) is 14.5 Å². The van der Waals surface area contributed by atoms with E-state index in [1.165, 1.54) is 52.3 Å². The van der Waals surface area contributed by atoms with E-state index in [-0.39, 0.29) is 59.6 Å². The second kappa shape index (κ2) is 30.9. The molecule has 15 rings (SSSR count). The molecule has 8 aliphatic heterocycles. The number of aryl methyl sites for hydroxylation is 1. The molecule has 19 nitrogen and oxygen atoms in total. The number of benzene rings is 5. The highest BCUT2D eigenvalue weighted by Gasteiger charge is 2.50. The van der Waals surface area contributed by atoms with Crippen LogP contribution in [-0.2, 0) is 35.3 Å². The van der Waals surface area contributed by atoms with E-state index in [1.54, 1.807) is 45.0 Å². The predicted molar refractivity (Wildman–Crippen MR) is 406 cm³/mol.